The lowest BCUT2D eigenvalue weighted by molar-refractivity contribution is 0.102. The van der Waals surface area contributed by atoms with E-state index in [9.17, 15) is 4.79 Å². The molecule has 1 aliphatic rings. The Kier molecular flexibility index (Phi) is 5.44. The average Bonchev–Trinajstić information content (AvgIpc) is 3.22. The van der Waals surface area contributed by atoms with Gasteiger partial charge in [0, 0.05) is 16.3 Å². The largest absolute Gasteiger partial charge is 0.324 e. The number of aromatic nitrogens is 3. The van der Waals surface area contributed by atoms with Crippen molar-refractivity contribution in [1.82, 2.24) is 14.8 Å². The quantitative estimate of drug-likeness (QED) is 0.404. The van der Waals surface area contributed by atoms with Gasteiger partial charge in [-0.15, -0.1) is 5.10 Å². The maximum atomic E-state index is 12.7. The molecule has 4 aromatic rings. The smallest absolute Gasteiger partial charge is 0.258 e. The van der Waals surface area contributed by atoms with Crippen LogP contribution in [0.2, 0.25) is 5.02 Å². The van der Waals surface area contributed by atoms with Crippen molar-refractivity contribution < 1.29 is 4.79 Å². The summed E-state index contributed by atoms with van der Waals surface area (Å²) >= 11 is 6.11. The van der Waals surface area contributed by atoms with Gasteiger partial charge in [-0.05, 0) is 55.3 Å². The highest BCUT2D eigenvalue weighted by atomic mass is 35.5. The van der Waals surface area contributed by atoms with Crippen LogP contribution in [-0.4, -0.2) is 20.7 Å². The summed E-state index contributed by atoms with van der Waals surface area (Å²) in [4.78, 5) is 17.3. The van der Waals surface area contributed by atoms with Crippen molar-refractivity contribution in [2.45, 2.75) is 19.9 Å². The minimum absolute atomic E-state index is 0.216. The molecule has 1 aliphatic heterocycles. The topological polar surface area (TPSA) is 71.8 Å². The van der Waals surface area contributed by atoms with Crippen LogP contribution in [0.4, 0.5) is 11.9 Å². The van der Waals surface area contributed by atoms with Gasteiger partial charge in [0.15, 0.2) is 0 Å². The number of hydrogen-bond acceptors (Lipinski definition) is 4. The first-order chi connectivity index (χ1) is 16.0. The van der Waals surface area contributed by atoms with Crippen molar-refractivity contribution in [2.24, 2.45) is 0 Å². The van der Waals surface area contributed by atoms with Crippen LogP contribution in [0.25, 0.3) is 5.70 Å². The summed E-state index contributed by atoms with van der Waals surface area (Å²) in [6.45, 7) is 4.01. The summed E-state index contributed by atoms with van der Waals surface area (Å²) in [5.74, 6) is 0.533. The Balaban J connectivity index is 1.51. The highest BCUT2D eigenvalue weighted by Crippen LogP contribution is 2.33. The predicted octanol–water partition coefficient (Wildman–Crippen LogP) is 5.86. The zero-order valence-corrected chi connectivity index (χ0v) is 19.0. The van der Waals surface area contributed by atoms with E-state index in [1.54, 1.807) is 10.7 Å². The van der Waals surface area contributed by atoms with Gasteiger partial charge < -0.3 is 5.32 Å². The normalized spacial score (nSPS) is 14.8. The number of halogens is 1. The number of nitrogens with zero attached hydrogens (tertiary/aromatic N) is 3. The zero-order valence-electron chi connectivity index (χ0n) is 18.2. The fraction of sp³-hybridized carbons (Fsp3) is 0.115. The van der Waals surface area contributed by atoms with Gasteiger partial charge in [0.2, 0.25) is 5.95 Å². The molecule has 0 bridgehead atoms. The minimum Gasteiger partial charge on any atom is -0.324 e. The molecule has 1 aromatic heterocycles. The molecule has 1 amide bonds. The number of benzene rings is 3. The molecule has 7 heteroatoms. The maximum absolute atomic E-state index is 12.7. The van der Waals surface area contributed by atoms with Crippen molar-refractivity contribution in [3.05, 3.63) is 112 Å². The fourth-order valence-corrected chi connectivity index (χ4v) is 3.93. The van der Waals surface area contributed by atoms with Crippen molar-refractivity contribution in [1.29, 1.82) is 0 Å². The summed E-state index contributed by atoms with van der Waals surface area (Å²) in [5, 5.41) is 11.4. The van der Waals surface area contributed by atoms with Gasteiger partial charge in [-0.25, -0.2) is 4.68 Å². The van der Waals surface area contributed by atoms with Gasteiger partial charge in [-0.1, -0.05) is 71.3 Å². The first-order valence-corrected chi connectivity index (χ1v) is 11.0. The van der Waals surface area contributed by atoms with Crippen LogP contribution in [0.15, 0.2) is 78.9 Å². The van der Waals surface area contributed by atoms with Crippen LogP contribution < -0.4 is 10.6 Å². The van der Waals surface area contributed by atoms with E-state index < -0.39 is 0 Å². The Morgan fingerprint density at radius 3 is 2.48 bits per heavy atom. The fourth-order valence-electron chi connectivity index (χ4n) is 3.80. The lowest BCUT2D eigenvalue weighted by Gasteiger charge is -2.24. The summed E-state index contributed by atoms with van der Waals surface area (Å²) < 4.78 is 1.77. The molecule has 5 rings (SSSR count). The Bertz CT molecular complexity index is 1360. The standard InChI is InChI=1S/C26H22ClN5O/c1-16-6-8-18(9-7-16)22-15-23(19-10-12-21(27)13-11-19)32-26(28-22)30-25(31-32)29-24(33)20-5-3-4-17(2)14-20/h3-15,23H,1-2H3,(H2,28,29,30,31,33). The third kappa shape index (κ3) is 4.38. The first-order valence-electron chi connectivity index (χ1n) is 10.6. The Hall–Kier alpha value is -3.90. The van der Waals surface area contributed by atoms with Gasteiger partial charge in [-0.2, -0.15) is 4.98 Å². The number of anilines is 2. The maximum Gasteiger partial charge on any atom is 0.258 e. The van der Waals surface area contributed by atoms with Crippen molar-refractivity contribution in [3.8, 4) is 0 Å². The third-order valence-corrected chi connectivity index (χ3v) is 5.80. The monoisotopic (exact) mass is 455 g/mol. The number of amides is 1. The molecule has 164 valence electrons. The molecule has 0 aliphatic carbocycles. The molecule has 33 heavy (non-hydrogen) atoms. The molecular weight excluding hydrogens is 434 g/mol. The second-order valence-corrected chi connectivity index (χ2v) is 8.53. The molecule has 0 radical (unpaired) electrons. The second-order valence-electron chi connectivity index (χ2n) is 8.09. The number of rotatable bonds is 4. The number of carbonyl (C=O) groups excluding carboxylic acids is 1. The number of hydrogen-bond donors (Lipinski definition) is 2. The average molecular weight is 456 g/mol. The van der Waals surface area contributed by atoms with E-state index in [0.717, 1.165) is 22.4 Å². The van der Waals surface area contributed by atoms with Gasteiger partial charge >= 0.3 is 0 Å². The molecule has 3 aromatic carbocycles. The Labute approximate surface area is 196 Å². The predicted molar refractivity (Wildman–Crippen MR) is 132 cm³/mol. The van der Waals surface area contributed by atoms with Gasteiger partial charge in [0.05, 0.1) is 0 Å². The van der Waals surface area contributed by atoms with Crippen molar-refractivity contribution >= 4 is 35.1 Å². The molecule has 0 fully saturated rings. The summed E-state index contributed by atoms with van der Waals surface area (Å²) in [7, 11) is 0. The van der Waals surface area contributed by atoms with Gasteiger partial charge in [0.25, 0.3) is 11.9 Å². The summed E-state index contributed by atoms with van der Waals surface area (Å²) in [6, 6.07) is 23.1. The van der Waals surface area contributed by atoms with Crippen LogP contribution in [0.3, 0.4) is 0 Å². The van der Waals surface area contributed by atoms with E-state index in [2.05, 4.69) is 58.0 Å². The summed E-state index contributed by atoms with van der Waals surface area (Å²) in [6.07, 6.45) is 2.10. The number of allylic oxidation sites excluding steroid dienone is 1. The molecule has 1 unspecified atom stereocenters. The molecule has 0 saturated carbocycles. The molecular formula is C26H22ClN5O. The summed E-state index contributed by atoms with van der Waals surface area (Å²) in [5.41, 5.74) is 5.73. The van der Waals surface area contributed by atoms with Crippen LogP contribution in [0.1, 0.15) is 38.7 Å². The zero-order chi connectivity index (χ0) is 22.9. The Morgan fingerprint density at radius 1 is 1.00 bits per heavy atom. The van der Waals surface area contributed by atoms with Crippen molar-refractivity contribution in [3.63, 3.8) is 0 Å². The SMILES string of the molecule is Cc1ccc(C2=CC(c3ccc(Cl)cc3)n3nc(NC(=O)c4cccc(C)c4)nc3N2)cc1. The van der Waals surface area contributed by atoms with Crippen LogP contribution in [-0.2, 0) is 0 Å². The van der Waals surface area contributed by atoms with E-state index in [-0.39, 0.29) is 17.9 Å². The molecule has 1 atom stereocenters. The Morgan fingerprint density at radius 2 is 1.76 bits per heavy atom. The van der Waals surface area contributed by atoms with Gasteiger partial charge in [-0.3, -0.25) is 10.1 Å². The van der Waals surface area contributed by atoms with Crippen LogP contribution in [0, 0.1) is 13.8 Å². The second kappa shape index (κ2) is 8.56. The number of fused-ring (bicyclic) bond motifs is 1. The third-order valence-electron chi connectivity index (χ3n) is 5.55. The number of aryl methyl sites for hydroxylation is 2. The van der Waals surface area contributed by atoms with E-state index in [0.29, 0.717) is 16.5 Å². The van der Waals surface area contributed by atoms with E-state index >= 15 is 0 Å². The van der Waals surface area contributed by atoms with Crippen LogP contribution >= 0.6 is 11.6 Å². The lowest BCUT2D eigenvalue weighted by atomic mass is 10.0. The first kappa shape index (κ1) is 21.0. The van der Waals surface area contributed by atoms with Crippen molar-refractivity contribution in [2.75, 3.05) is 10.6 Å². The van der Waals surface area contributed by atoms with Gasteiger partial charge in [0.1, 0.15) is 6.04 Å². The molecule has 2 N–H and O–H groups in total. The molecule has 0 saturated heterocycles. The minimum atomic E-state index is -0.253. The van der Waals surface area contributed by atoms with E-state index in [1.807, 2.05) is 49.4 Å². The lowest BCUT2D eigenvalue weighted by Crippen LogP contribution is -2.20. The highest BCUT2D eigenvalue weighted by molar-refractivity contribution is 6.30. The molecule has 0 spiro atoms. The number of nitrogens with one attached hydrogen (secondary N) is 2. The highest BCUT2D eigenvalue weighted by Gasteiger charge is 2.26. The molecule has 2 heterocycles. The van der Waals surface area contributed by atoms with Crippen LogP contribution in [0.5, 0.6) is 0 Å². The number of carbonyl (C=O) groups is 1. The van der Waals surface area contributed by atoms with E-state index in [1.165, 1.54) is 5.56 Å². The molecule has 6 nitrogen and oxygen atoms in total. The van der Waals surface area contributed by atoms with E-state index in [4.69, 9.17) is 11.6 Å².